The maximum atomic E-state index is 12.4. The molecule has 0 saturated heterocycles. The molecule has 2 N–H and O–H groups in total. The Morgan fingerprint density at radius 2 is 1.74 bits per heavy atom. The zero-order valence-corrected chi connectivity index (χ0v) is 13.7. The average Bonchev–Trinajstić information content (AvgIpc) is 2.51. The number of benzene rings is 2. The Morgan fingerprint density at radius 3 is 2.39 bits per heavy atom. The van der Waals surface area contributed by atoms with Crippen molar-refractivity contribution < 1.29 is 9.59 Å². The molecule has 0 spiro atoms. The van der Waals surface area contributed by atoms with E-state index in [0.717, 1.165) is 22.4 Å². The second kappa shape index (κ2) is 7.58. The maximum absolute atomic E-state index is 12.4. The lowest BCUT2D eigenvalue weighted by molar-refractivity contribution is -0.120. The molecule has 0 radical (unpaired) electrons. The molecule has 0 heterocycles. The summed E-state index contributed by atoms with van der Waals surface area (Å²) < 4.78 is 0. The molecule has 2 aromatic rings. The summed E-state index contributed by atoms with van der Waals surface area (Å²) in [7, 11) is 0. The Balaban J connectivity index is 2.11. The number of aryl methyl sites for hydroxylation is 2. The van der Waals surface area contributed by atoms with E-state index in [0.29, 0.717) is 0 Å². The number of anilines is 1. The molecule has 0 aromatic heterocycles. The first-order valence-corrected chi connectivity index (χ1v) is 7.65. The minimum Gasteiger partial charge on any atom is -0.349 e. The van der Waals surface area contributed by atoms with Crippen LogP contribution >= 0.6 is 0 Å². The molecule has 0 saturated carbocycles. The maximum Gasteiger partial charge on any atom is 0.226 e. The van der Waals surface area contributed by atoms with Crippen molar-refractivity contribution in [2.45, 2.75) is 33.2 Å². The highest BCUT2D eigenvalue weighted by Gasteiger charge is 2.17. The molecule has 0 bridgehead atoms. The van der Waals surface area contributed by atoms with E-state index in [9.17, 15) is 9.59 Å². The predicted octanol–water partition coefficient (Wildman–Crippen LogP) is 3.51. The zero-order chi connectivity index (χ0) is 16.8. The normalized spacial score (nSPS) is 11.6. The minimum absolute atomic E-state index is 0.124. The van der Waals surface area contributed by atoms with E-state index in [1.165, 1.54) is 6.92 Å². The summed E-state index contributed by atoms with van der Waals surface area (Å²) in [6.45, 7) is 5.40. The van der Waals surface area contributed by atoms with E-state index >= 15 is 0 Å². The van der Waals surface area contributed by atoms with E-state index in [4.69, 9.17) is 0 Å². The second-order valence-corrected chi connectivity index (χ2v) is 5.73. The molecule has 0 fully saturated rings. The van der Waals surface area contributed by atoms with Gasteiger partial charge in [-0.25, -0.2) is 0 Å². The van der Waals surface area contributed by atoms with Crippen LogP contribution in [0.25, 0.3) is 0 Å². The third kappa shape index (κ3) is 4.95. The van der Waals surface area contributed by atoms with Crippen molar-refractivity contribution >= 4 is 17.5 Å². The minimum atomic E-state index is -0.334. The van der Waals surface area contributed by atoms with Gasteiger partial charge in [0.1, 0.15) is 0 Å². The van der Waals surface area contributed by atoms with Crippen LogP contribution in [0.2, 0.25) is 0 Å². The molecule has 1 atom stereocenters. The van der Waals surface area contributed by atoms with Crippen molar-refractivity contribution in [3.8, 4) is 0 Å². The van der Waals surface area contributed by atoms with Crippen LogP contribution in [0.1, 0.15) is 36.1 Å². The first kappa shape index (κ1) is 16.7. The van der Waals surface area contributed by atoms with Gasteiger partial charge in [-0.1, -0.05) is 42.5 Å². The Morgan fingerprint density at radius 1 is 1.04 bits per heavy atom. The number of hydrogen-bond acceptors (Lipinski definition) is 2. The van der Waals surface area contributed by atoms with Crippen LogP contribution < -0.4 is 10.6 Å². The molecule has 2 amide bonds. The quantitative estimate of drug-likeness (QED) is 0.888. The van der Waals surface area contributed by atoms with Crippen molar-refractivity contribution in [3.63, 3.8) is 0 Å². The van der Waals surface area contributed by atoms with Gasteiger partial charge in [-0.05, 0) is 36.6 Å². The second-order valence-electron chi connectivity index (χ2n) is 5.73. The molecule has 0 aliphatic carbocycles. The Labute approximate surface area is 136 Å². The fraction of sp³-hybridized carbons (Fsp3) is 0.263. The Kier molecular flexibility index (Phi) is 5.52. The van der Waals surface area contributed by atoms with Gasteiger partial charge in [0, 0.05) is 12.6 Å². The lowest BCUT2D eigenvalue weighted by atomic mass is 10.0. The average molecular weight is 310 g/mol. The van der Waals surface area contributed by atoms with Gasteiger partial charge in [0.25, 0.3) is 0 Å². The highest BCUT2D eigenvalue weighted by molar-refractivity contribution is 5.92. The zero-order valence-electron chi connectivity index (χ0n) is 13.7. The lowest BCUT2D eigenvalue weighted by Gasteiger charge is -2.18. The summed E-state index contributed by atoms with van der Waals surface area (Å²) in [5, 5.41) is 5.77. The van der Waals surface area contributed by atoms with Crippen molar-refractivity contribution in [1.82, 2.24) is 5.32 Å². The molecule has 4 heteroatoms. The summed E-state index contributed by atoms with van der Waals surface area (Å²) in [5.41, 5.74) is 3.83. The van der Waals surface area contributed by atoms with Crippen molar-refractivity contribution in [3.05, 3.63) is 65.2 Å². The predicted molar refractivity (Wildman–Crippen MR) is 92.2 cm³/mol. The SMILES string of the molecule is CC(=O)N[C@@H](CC(=O)Nc1cc(C)ccc1C)c1ccccc1. The smallest absolute Gasteiger partial charge is 0.226 e. The van der Waals surface area contributed by atoms with Crippen LogP contribution in [0.5, 0.6) is 0 Å². The lowest BCUT2D eigenvalue weighted by Crippen LogP contribution is -2.29. The van der Waals surface area contributed by atoms with Gasteiger partial charge in [-0.15, -0.1) is 0 Å². The molecule has 0 aliphatic heterocycles. The standard InChI is InChI=1S/C19H22N2O2/c1-13-9-10-14(2)17(11-13)21-19(23)12-18(20-15(3)22)16-7-5-4-6-8-16/h4-11,18H,12H2,1-3H3,(H,20,22)(H,21,23)/t18-/m0/s1. The molecule has 0 unspecified atom stereocenters. The monoisotopic (exact) mass is 310 g/mol. The van der Waals surface area contributed by atoms with Gasteiger partial charge in [0.05, 0.1) is 12.5 Å². The van der Waals surface area contributed by atoms with E-state index in [-0.39, 0.29) is 24.3 Å². The number of rotatable bonds is 5. The molecule has 2 rings (SSSR count). The van der Waals surface area contributed by atoms with E-state index < -0.39 is 0 Å². The molecule has 0 aliphatic rings. The summed E-state index contributed by atoms with van der Waals surface area (Å²) >= 11 is 0. The third-order valence-corrected chi connectivity index (χ3v) is 3.64. The number of hydrogen-bond donors (Lipinski definition) is 2. The van der Waals surface area contributed by atoms with Crippen LogP contribution in [0.4, 0.5) is 5.69 Å². The summed E-state index contributed by atoms with van der Waals surface area (Å²) in [4.78, 5) is 23.8. The van der Waals surface area contributed by atoms with Crippen LogP contribution in [0.3, 0.4) is 0 Å². The number of carbonyl (C=O) groups excluding carboxylic acids is 2. The Hall–Kier alpha value is -2.62. The van der Waals surface area contributed by atoms with Gasteiger partial charge in [0.2, 0.25) is 11.8 Å². The van der Waals surface area contributed by atoms with E-state index in [1.807, 2.05) is 62.4 Å². The number of amides is 2. The highest BCUT2D eigenvalue weighted by atomic mass is 16.2. The van der Waals surface area contributed by atoms with Gasteiger partial charge >= 0.3 is 0 Å². The van der Waals surface area contributed by atoms with Crippen LogP contribution in [0.15, 0.2) is 48.5 Å². The van der Waals surface area contributed by atoms with Gasteiger partial charge in [-0.2, -0.15) is 0 Å². The summed E-state index contributed by atoms with van der Waals surface area (Å²) in [5.74, 6) is -0.278. The van der Waals surface area contributed by atoms with Gasteiger partial charge in [-0.3, -0.25) is 9.59 Å². The third-order valence-electron chi connectivity index (χ3n) is 3.64. The van der Waals surface area contributed by atoms with Crippen molar-refractivity contribution in [1.29, 1.82) is 0 Å². The van der Waals surface area contributed by atoms with E-state index in [1.54, 1.807) is 0 Å². The molecule has 120 valence electrons. The molecule has 2 aromatic carbocycles. The van der Waals surface area contributed by atoms with Crippen molar-refractivity contribution in [2.75, 3.05) is 5.32 Å². The largest absolute Gasteiger partial charge is 0.349 e. The summed E-state index contributed by atoms with van der Waals surface area (Å²) in [6.07, 6.45) is 0.191. The fourth-order valence-corrected chi connectivity index (χ4v) is 2.44. The molecule has 23 heavy (non-hydrogen) atoms. The molecular formula is C19H22N2O2. The first-order valence-electron chi connectivity index (χ1n) is 7.65. The van der Waals surface area contributed by atoms with Crippen LogP contribution in [0, 0.1) is 13.8 Å². The van der Waals surface area contributed by atoms with E-state index in [2.05, 4.69) is 10.6 Å². The Bertz CT molecular complexity index is 696. The van der Waals surface area contributed by atoms with Crippen LogP contribution in [-0.4, -0.2) is 11.8 Å². The van der Waals surface area contributed by atoms with Crippen LogP contribution in [-0.2, 0) is 9.59 Å². The molecular weight excluding hydrogens is 288 g/mol. The number of nitrogens with one attached hydrogen (secondary N) is 2. The molecule has 4 nitrogen and oxygen atoms in total. The highest BCUT2D eigenvalue weighted by Crippen LogP contribution is 2.20. The van der Waals surface area contributed by atoms with Crippen molar-refractivity contribution in [2.24, 2.45) is 0 Å². The topological polar surface area (TPSA) is 58.2 Å². The fourth-order valence-electron chi connectivity index (χ4n) is 2.44. The first-order chi connectivity index (χ1) is 11.0. The van der Waals surface area contributed by atoms with Gasteiger partial charge in [0.15, 0.2) is 0 Å². The summed E-state index contributed by atoms with van der Waals surface area (Å²) in [6, 6.07) is 15.1. The number of carbonyl (C=O) groups is 2. The van der Waals surface area contributed by atoms with Gasteiger partial charge < -0.3 is 10.6 Å².